The highest BCUT2D eigenvalue weighted by Gasteiger charge is 2.03. The van der Waals surface area contributed by atoms with E-state index in [0.717, 1.165) is 18.5 Å². The summed E-state index contributed by atoms with van der Waals surface area (Å²) < 4.78 is 0. The molecule has 0 radical (unpaired) electrons. The van der Waals surface area contributed by atoms with E-state index in [4.69, 9.17) is 11.6 Å². The predicted molar refractivity (Wildman–Crippen MR) is 60.3 cm³/mol. The van der Waals surface area contributed by atoms with E-state index in [0.29, 0.717) is 10.6 Å². The molecule has 0 saturated carbocycles. The highest BCUT2D eigenvalue weighted by molar-refractivity contribution is 6.33. The monoisotopic (exact) mass is 209 g/mol. The van der Waals surface area contributed by atoms with Crippen molar-refractivity contribution in [2.24, 2.45) is 0 Å². The van der Waals surface area contributed by atoms with Gasteiger partial charge in [-0.3, -0.25) is 4.79 Å². The zero-order valence-corrected chi connectivity index (χ0v) is 8.79. The molecule has 1 rings (SSSR count). The molecule has 3 heteroatoms. The van der Waals surface area contributed by atoms with E-state index >= 15 is 0 Å². The van der Waals surface area contributed by atoms with Crippen LogP contribution in [0.4, 0.5) is 5.69 Å². The van der Waals surface area contributed by atoms with Crippen molar-refractivity contribution in [3.63, 3.8) is 0 Å². The van der Waals surface area contributed by atoms with E-state index in [1.807, 2.05) is 24.1 Å². The first kappa shape index (κ1) is 10.8. The second-order valence-corrected chi connectivity index (χ2v) is 3.40. The Hall–Kier alpha value is -1.28. The van der Waals surface area contributed by atoms with Crippen molar-refractivity contribution >= 4 is 23.6 Å². The number of hydrogen-bond acceptors (Lipinski definition) is 2. The van der Waals surface area contributed by atoms with Crippen LogP contribution < -0.4 is 4.90 Å². The standard InChI is InChI=1S/C11H12ClNO/c1-3-6-13(2)10-5-4-9(8-14)11(12)7-10/h3-5,7-8H,1,6H2,2H3. The van der Waals surface area contributed by atoms with Gasteiger partial charge in [0.05, 0.1) is 5.02 Å². The Labute approximate surface area is 88.8 Å². The Morgan fingerprint density at radius 3 is 2.79 bits per heavy atom. The maximum atomic E-state index is 10.5. The molecule has 14 heavy (non-hydrogen) atoms. The molecule has 1 aromatic rings. The number of aldehydes is 1. The summed E-state index contributed by atoms with van der Waals surface area (Å²) in [6, 6.07) is 5.35. The first-order valence-electron chi connectivity index (χ1n) is 4.25. The van der Waals surface area contributed by atoms with Crippen molar-refractivity contribution in [3.05, 3.63) is 41.4 Å². The zero-order valence-electron chi connectivity index (χ0n) is 8.03. The molecule has 1 aromatic carbocycles. The summed E-state index contributed by atoms with van der Waals surface area (Å²) >= 11 is 5.89. The number of nitrogens with zero attached hydrogens (tertiary/aromatic N) is 1. The third-order valence-corrected chi connectivity index (χ3v) is 2.28. The Morgan fingerprint density at radius 2 is 2.29 bits per heavy atom. The second-order valence-electron chi connectivity index (χ2n) is 2.99. The minimum Gasteiger partial charge on any atom is -0.371 e. The number of rotatable bonds is 4. The van der Waals surface area contributed by atoms with Crippen molar-refractivity contribution in [2.75, 3.05) is 18.5 Å². The molecule has 0 amide bonds. The van der Waals surface area contributed by atoms with E-state index in [9.17, 15) is 4.79 Å². The van der Waals surface area contributed by atoms with Gasteiger partial charge in [0.1, 0.15) is 0 Å². The smallest absolute Gasteiger partial charge is 0.151 e. The van der Waals surface area contributed by atoms with Gasteiger partial charge in [-0.05, 0) is 18.2 Å². The van der Waals surface area contributed by atoms with Crippen molar-refractivity contribution in [2.45, 2.75) is 0 Å². The molecule has 0 spiro atoms. The fourth-order valence-corrected chi connectivity index (χ4v) is 1.37. The molecule has 0 fully saturated rings. The summed E-state index contributed by atoms with van der Waals surface area (Å²) in [5.41, 5.74) is 1.49. The number of likely N-dealkylation sites (N-methyl/N-ethyl adjacent to an activating group) is 1. The van der Waals surface area contributed by atoms with Crippen LogP contribution in [-0.4, -0.2) is 19.9 Å². The van der Waals surface area contributed by atoms with Gasteiger partial charge in [0.2, 0.25) is 0 Å². The summed E-state index contributed by atoms with van der Waals surface area (Å²) in [4.78, 5) is 12.5. The fraction of sp³-hybridized carbons (Fsp3) is 0.182. The van der Waals surface area contributed by atoms with Gasteiger partial charge in [-0.1, -0.05) is 17.7 Å². The number of benzene rings is 1. The molecule has 0 heterocycles. The second kappa shape index (κ2) is 4.82. The van der Waals surface area contributed by atoms with Gasteiger partial charge in [0, 0.05) is 24.8 Å². The normalized spacial score (nSPS) is 9.57. The summed E-state index contributed by atoms with van der Waals surface area (Å²) in [5, 5.41) is 0.480. The van der Waals surface area contributed by atoms with Gasteiger partial charge in [-0.2, -0.15) is 0 Å². The molecule has 0 saturated heterocycles. The topological polar surface area (TPSA) is 20.3 Å². The number of carbonyl (C=O) groups is 1. The summed E-state index contributed by atoms with van der Waals surface area (Å²) in [6.07, 6.45) is 2.56. The van der Waals surface area contributed by atoms with Crippen LogP contribution in [0.1, 0.15) is 10.4 Å². The number of anilines is 1. The highest BCUT2D eigenvalue weighted by atomic mass is 35.5. The summed E-state index contributed by atoms with van der Waals surface area (Å²) in [6.45, 7) is 4.40. The minimum absolute atomic E-state index is 0.480. The summed E-state index contributed by atoms with van der Waals surface area (Å²) in [5.74, 6) is 0. The van der Waals surface area contributed by atoms with Gasteiger partial charge >= 0.3 is 0 Å². The molecule has 0 atom stereocenters. The van der Waals surface area contributed by atoms with Crippen molar-refractivity contribution in [3.8, 4) is 0 Å². The quantitative estimate of drug-likeness (QED) is 0.562. The van der Waals surface area contributed by atoms with Gasteiger partial charge < -0.3 is 4.90 Å². The van der Waals surface area contributed by atoms with Crippen LogP contribution in [0.2, 0.25) is 5.02 Å². The van der Waals surface area contributed by atoms with Crippen LogP contribution in [0, 0.1) is 0 Å². The molecule has 0 aromatic heterocycles. The molecule has 0 aliphatic rings. The van der Waals surface area contributed by atoms with Crippen LogP contribution >= 0.6 is 11.6 Å². The highest BCUT2D eigenvalue weighted by Crippen LogP contribution is 2.21. The maximum Gasteiger partial charge on any atom is 0.151 e. The Balaban J connectivity index is 2.95. The van der Waals surface area contributed by atoms with Gasteiger partial charge in [0.15, 0.2) is 6.29 Å². The van der Waals surface area contributed by atoms with Gasteiger partial charge in [0.25, 0.3) is 0 Å². The Kier molecular flexibility index (Phi) is 3.72. The fourth-order valence-electron chi connectivity index (χ4n) is 1.15. The van der Waals surface area contributed by atoms with E-state index < -0.39 is 0 Å². The van der Waals surface area contributed by atoms with Crippen LogP contribution in [0.3, 0.4) is 0 Å². The summed E-state index contributed by atoms with van der Waals surface area (Å²) in [7, 11) is 1.94. The van der Waals surface area contributed by atoms with E-state index in [1.54, 1.807) is 12.1 Å². The first-order chi connectivity index (χ1) is 6.69. The van der Waals surface area contributed by atoms with Crippen LogP contribution in [0.25, 0.3) is 0 Å². The predicted octanol–water partition coefficient (Wildman–Crippen LogP) is 2.77. The van der Waals surface area contributed by atoms with Gasteiger partial charge in [-0.25, -0.2) is 0 Å². The molecule has 0 N–H and O–H groups in total. The Morgan fingerprint density at radius 1 is 1.57 bits per heavy atom. The molecule has 0 aliphatic carbocycles. The number of hydrogen-bond donors (Lipinski definition) is 0. The molecule has 0 unspecified atom stereocenters. The Bertz CT molecular complexity index is 349. The molecule has 2 nitrogen and oxygen atoms in total. The lowest BCUT2D eigenvalue weighted by Gasteiger charge is -2.17. The van der Waals surface area contributed by atoms with Crippen LogP contribution in [0.15, 0.2) is 30.9 Å². The lowest BCUT2D eigenvalue weighted by Crippen LogP contribution is -2.16. The molecule has 0 aliphatic heterocycles. The van der Waals surface area contributed by atoms with Crippen LogP contribution in [-0.2, 0) is 0 Å². The lowest BCUT2D eigenvalue weighted by atomic mass is 10.2. The average molecular weight is 210 g/mol. The van der Waals surface area contributed by atoms with Crippen LogP contribution in [0.5, 0.6) is 0 Å². The molecular weight excluding hydrogens is 198 g/mol. The van der Waals surface area contributed by atoms with E-state index in [2.05, 4.69) is 6.58 Å². The number of halogens is 1. The maximum absolute atomic E-state index is 10.5. The van der Waals surface area contributed by atoms with Gasteiger partial charge in [-0.15, -0.1) is 6.58 Å². The average Bonchev–Trinajstić information content (AvgIpc) is 2.18. The van der Waals surface area contributed by atoms with Crippen molar-refractivity contribution in [1.82, 2.24) is 0 Å². The van der Waals surface area contributed by atoms with Crippen molar-refractivity contribution in [1.29, 1.82) is 0 Å². The van der Waals surface area contributed by atoms with Crippen molar-refractivity contribution < 1.29 is 4.79 Å². The van der Waals surface area contributed by atoms with E-state index in [1.165, 1.54) is 0 Å². The lowest BCUT2D eigenvalue weighted by molar-refractivity contribution is 0.112. The first-order valence-corrected chi connectivity index (χ1v) is 4.63. The zero-order chi connectivity index (χ0) is 10.6. The number of carbonyl (C=O) groups excluding carboxylic acids is 1. The van der Waals surface area contributed by atoms with E-state index in [-0.39, 0.29) is 0 Å². The largest absolute Gasteiger partial charge is 0.371 e. The third-order valence-electron chi connectivity index (χ3n) is 1.95. The molecule has 74 valence electrons. The SMILES string of the molecule is C=CCN(C)c1ccc(C=O)c(Cl)c1. The molecule has 0 bridgehead atoms. The minimum atomic E-state index is 0.480. The third kappa shape index (κ3) is 2.36. The molecular formula is C11H12ClNO.